The highest BCUT2D eigenvalue weighted by molar-refractivity contribution is 5.86. The summed E-state index contributed by atoms with van der Waals surface area (Å²) in [5.74, 6) is -0.549. The second kappa shape index (κ2) is 4.85. The van der Waals surface area contributed by atoms with Crippen molar-refractivity contribution in [2.24, 2.45) is 5.92 Å². The Hall–Kier alpha value is -1.06. The van der Waals surface area contributed by atoms with Crippen LogP contribution in [-0.4, -0.2) is 34.0 Å². The lowest BCUT2D eigenvalue weighted by atomic mass is 9.92. The van der Waals surface area contributed by atoms with Crippen LogP contribution in [0.2, 0.25) is 0 Å². The zero-order valence-corrected chi connectivity index (χ0v) is 10.3. The first-order chi connectivity index (χ1) is 7.47. The summed E-state index contributed by atoms with van der Waals surface area (Å²) in [5.41, 5.74) is -0.943. The van der Waals surface area contributed by atoms with Crippen LogP contribution in [0, 0.1) is 5.92 Å². The third kappa shape index (κ3) is 2.06. The van der Waals surface area contributed by atoms with Crippen LogP contribution < -0.4 is 0 Å². The summed E-state index contributed by atoms with van der Waals surface area (Å²) in [7, 11) is 0. The van der Waals surface area contributed by atoms with Gasteiger partial charge in [-0.25, -0.2) is 4.79 Å². The van der Waals surface area contributed by atoms with Gasteiger partial charge < -0.3 is 10.0 Å². The van der Waals surface area contributed by atoms with Crippen LogP contribution in [0.3, 0.4) is 0 Å². The number of carboxylic acid groups (broad SMARTS) is 1. The normalized spacial score (nSPS) is 29.1. The molecule has 0 spiro atoms. The third-order valence-corrected chi connectivity index (χ3v) is 3.78. The Morgan fingerprint density at radius 2 is 2.06 bits per heavy atom. The van der Waals surface area contributed by atoms with Crippen molar-refractivity contribution < 1.29 is 14.7 Å². The molecule has 2 unspecified atom stereocenters. The van der Waals surface area contributed by atoms with Crippen molar-refractivity contribution in [2.75, 3.05) is 6.54 Å². The molecule has 0 aromatic rings. The van der Waals surface area contributed by atoms with E-state index in [1.807, 2.05) is 6.92 Å². The van der Waals surface area contributed by atoms with Gasteiger partial charge in [-0.05, 0) is 32.1 Å². The summed E-state index contributed by atoms with van der Waals surface area (Å²) in [4.78, 5) is 24.5. The van der Waals surface area contributed by atoms with E-state index in [1.165, 1.54) is 11.8 Å². The van der Waals surface area contributed by atoms with E-state index in [9.17, 15) is 14.7 Å². The maximum absolute atomic E-state index is 11.5. The van der Waals surface area contributed by atoms with Crippen LogP contribution in [0.5, 0.6) is 0 Å². The molecule has 1 aliphatic rings. The molecular formula is C12H21NO3. The molecule has 1 saturated carbocycles. The Balaban J connectivity index is 2.98. The summed E-state index contributed by atoms with van der Waals surface area (Å²) in [6, 6.07) is 0. The largest absolute Gasteiger partial charge is 0.479 e. The van der Waals surface area contributed by atoms with Gasteiger partial charge in [-0.2, -0.15) is 0 Å². The fourth-order valence-corrected chi connectivity index (χ4v) is 2.85. The number of carbonyl (C=O) groups excluding carboxylic acids is 1. The summed E-state index contributed by atoms with van der Waals surface area (Å²) in [6.07, 6.45) is 3.09. The predicted octanol–water partition coefficient (Wildman–Crippen LogP) is 1.89. The van der Waals surface area contributed by atoms with Gasteiger partial charge in [-0.15, -0.1) is 0 Å². The van der Waals surface area contributed by atoms with Crippen LogP contribution in [0.25, 0.3) is 0 Å². The molecule has 1 aliphatic carbocycles. The van der Waals surface area contributed by atoms with Crippen LogP contribution in [0.15, 0.2) is 0 Å². The number of hydrogen-bond donors (Lipinski definition) is 1. The van der Waals surface area contributed by atoms with Crippen molar-refractivity contribution in [2.45, 2.75) is 52.0 Å². The third-order valence-electron chi connectivity index (χ3n) is 3.78. The van der Waals surface area contributed by atoms with Gasteiger partial charge in [0, 0.05) is 13.5 Å². The summed E-state index contributed by atoms with van der Waals surface area (Å²) in [6.45, 7) is 5.84. The van der Waals surface area contributed by atoms with E-state index in [1.54, 1.807) is 0 Å². The zero-order valence-electron chi connectivity index (χ0n) is 10.3. The first-order valence-corrected chi connectivity index (χ1v) is 5.99. The highest BCUT2D eigenvalue weighted by Gasteiger charge is 2.49. The predicted molar refractivity (Wildman–Crippen MR) is 61.1 cm³/mol. The van der Waals surface area contributed by atoms with Crippen molar-refractivity contribution >= 4 is 11.9 Å². The lowest BCUT2D eigenvalue weighted by molar-refractivity contribution is -0.158. The van der Waals surface area contributed by atoms with E-state index in [2.05, 4.69) is 6.92 Å². The maximum atomic E-state index is 11.5. The smallest absolute Gasteiger partial charge is 0.329 e. The number of carboxylic acids is 1. The molecule has 1 fully saturated rings. The summed E-state index contributed by atoms with van der Waals surface area (Å²) < 4.78 is 0. The molecule has 0 bridgehead atoms. The highest BCUT2D eigenvalue weighted by atomic mass is 16.4. The average Bonchev–Trinajstić information content (AvgIpc) is 2.63. The van der Waals surface area contributed by atoms with Crippen LogP contribution >= 0.6 is 0 Å². The van der Waals surface area contributed by atoms with Gasteiger partial charge >= 0.3 is 5.97 Å². The minimum Gasteiger partial charge on any atom is -0.479 e. The van der Waals surface area contributed by atoms with E-state index >= 15 is 0 Å². The molecule has 16 heavy (non-hydrogen) atoms. The molecule has 0 heterocycles. The molecule has 0 aromatic carbocycles. The highest BCUT2D eigenvalue weighted by Crippen LogP contribution is 2.40. The second-order valence-electron chi connectivity index (χ2n) is 4.62. The van der Waals surface area contributed by atoms with E-state index in [0.717, 1.165) is 12.8 Å². The Bertz CT molecular complexity index is 290. The number of hydrogen-bond acceptors (Lipinski definition) is 2. The monoisotopic (exact) mass is 227 g/mol. The first kappa shape index (κ1) is 13.0. The van der Waals surface area contributed by atoms with Gasteiger partial charge in [0.15, 0.2) is 0 Å². The fraction of sp³-hybridized carbons (Fsp3) is 0.833. The quantitative estimate of drug-likeness (QED) is 0.797. The van der Waals surface area contributed by atoms with E-state index in [-0.39, 0.29) is 5.91 Å². The van der Waals surface area contributed by atoms with E-state index in [4.69, 9.17) is 0 Å². The number of rotatable bonds is 4. The average molecular weight is 227 g/mol. The van der Waals surface area contributed by atoms with Crippen molar-refractivity contribution in [3.8, 4) is 0 Å². The van der Waals surface area contributed by atoms with Crippen molar-refractivity contribution in [1.29, 1.82) is 0 Å². The van der Waals surface area contributed by atoms with Crippen molar-refractivity contribution in [3.63, 3.8) is 0 Å². The molecule has 1 amide bonds. The molecular weight excluding hydrogens is 206 g/mol. The SMILES string of the molecule is CCC1CCC(C(=O)O)(N(CC)C(C)=O)C1. The maximum Gasteiger partial charge on any atom is 0.329 e. The second-order valence-corrected chi connectivity index (χ2v) is 4.62. The van der Waals surface area contributed by atoms with Crippen molar-refractivity contribution in [1.82, 2.24) is 4.90 Å². The molecule has 0 aliphatic heterocycles. The van der Waals surface area contributed by atoms with Gasteiger partial charge in [0.05, 0.1) is 0 Å². The lowest BCUT2D eigenvalue weighted by Crippen LogP contribution is -2.55. The minimum atomic E-state index is -0.943. The van der Waals surface area contributed by atoms with E-state index in [0.29, 0.717) is 25.3 Å². The Morgan fingerprint density at radius 3 is 2.38 bits per heavy atom. The lowest BCUT2D eigenvalue weighted by Gasteiger charge is -2.36. The van der Waals surface area contributed by atoms with Crippen molar-refractivity contribution in [3.05, 3.63) is 0 Å². The standard InChI is InChI=1S/C12H21NO3/c1-4-10-6-7-12(8-10,11(15)16)13(5-2)9(3)14/h10H,4-8H2,1-3H3,(H,15,16). The molecule has 92 valence electrons. The van der Waals surface area contributed by atoms with Gasteiger partial charge in [0.25, 0.3) is 0 Å². The number of aliphatic carboxylic acids is 1. The van der Waals surface area contributed by atoms with Gasteiger partial charge in [-0.3, -0.25) is 4.79 Å². The minimum absolute atomic E-state index is 0.137. The van der Waals surface area contributed by atoms with Gasteiger partial charge in [0.2, 0.25) is 5.91 Å². The van der Waals surface area contributed by atoms with Gasteiger partial charge in [-0.1, -0.05) is 13.3 Å². The molecule has 1 rings (SSSR count). The van der Waals surface area contributed by atoms with Gasteiger partial charge in [0.1, 0.15) is 5.54 Å². The molecule has 0 aromatic heterocycles. The summed E-state index contributed by atoms with van der Waals surface area (Å²) in [5, 5.41) is 9.43. The first-order valence-electron chi connectivity index (χ1n) is 5.99. The van der Waals surface area contributed by atoms with Crippen LogP contribution in [0.1, 0.15) is 46.5 Å². The molecule has 1 N–H and O–H groups in total. The zero-order chi connectivity index (χ0) is 12.3. The Labute approximate surface area is 96.6 Å². The molecule has 4 nitrogen and oxygen atoms in total. The summed E-state index contributed by atoms with van der Waals surface area (Å²) >= 11 is 0. The van der Waals surface area contributed by atoms with Crippen LogP contribution in [-0.2, 0) is 9.59 Å². The topological polar surface area (TPSA) is 57.6 Å². The molecule has 4 heteroatoms. The number of amides is 1. The van der Waals surface area contributed by atoms with E-state index < -0.39 is 11.5 Å². The number of carbonyl (C=O) groups is 2. The fourth-order valence-electron chi connectivity index (χ4n) is 2.85. The Kier molecular flexibility index (Phi) is 3.94. The number of nitrogens with zero attached hydrogens (tertiary/aromatic N) is 1. The van der Waals surface area contributed by atoms with Crippen LogP contribution in [0.4, 0.5) is 0 Å². The molecule has 0 radical (unpaired) electrons. The molecule has 0 saturated heterocycles. The number of likely N-dealkylation sites (N-methyl/N-ethyl adjacent to an activating group) is 1. The Morgan fingerprint density at radius 1 is 1.44 bits per heavy atom. The molecule has 2 atom stereocenters.